The first-order valence-electron chi connectivity index (χ1n) is 5.12. The van der Waals surface area contributed by atoms with Crippen LogP contribution in [-0.2, 0) is 0 Å². The van der Waals surface area contributed by atoms with Crippen LogP contribution < -0.4 is 5.32 Å². The number of nitrogens with one attached hydrogen (secondary N) is 1. The van der Waals surface area contributed by atoms with Gasteiger partial charge in [-0.3, -0.25) is 0 Å². The molecule has 2 heteroatoms. The van der Waals surface area contributed by atoms with Crippen molar-refractivity contribution in [1.82, 2.24) is 5.32 Å². The molecular weight excluding hydrogens is 250 g/mol. The summed E-state index contributed by atoms with van der Waals surface area (Å²) in [5.41, 5.74) is 3.77. The molecule has 1 N–H and O–H groups in total. The highest BCUT2D eigenvalue weighted by molar-refractivity contribution is 9.10. The normalized spacial score (nSPS) is 12.5. The van der Waals surface area contributed by atoms with Gasteiger partial charge in [-0.05, 0) is 44.5 Å². The van der Waals surface area contributed by atoms with E-state index in [-0.39, 0.29) is 0 Å². The Morgan fingerprint density at radius 1 is 1.53 bits per heavy atom. The maximum absolute atomic E-state index is 3.96. The molecule has 0 aliphatic rings. The van der Waals surface area contributed by atoms with Gasteiger partial charge in [0.1, 0.15) is 0 Å². The minimum atomic E-state index is 0.345. The zero-order valence-electron chi connectivity index (χ0n) is 9.60. The average molecular weight is 268 g/mol. The number of hydrogen-bond acceptors (Lipinski definition) is 1. The fourth-order valence-corrected chi connectivity index (χ4v) is 2.40. The van der Waals surface area contributed by atoms with Gasteiger partial charge in [0.25, 0.3) is 0 Å². The maximum Gasteiger partial charge on any atom is 0.0366 e. The monoisotopic (exact) mass is 267 g/mol. The smallest absolute Gasteiger partial charge is 0.0366 e. The Bertz CT molecular complexity index is 358. The van der Waals surface area contributed by atoms with Crippen LogP contribution in [0.25, 0.3) is 0 Å². The fraction of sp³-hybridized carbons (Fsp3) is 0.385. The van der Waals surface area contributed by atoms with E-state index in [0.29, 0.717) is 6.04 Å². The molecule has 0 saturated heterocycles. The molecule has 0 bridgehead atoms. The van der Waals surface area contributed by atoms with Gasteiger partial charge >= 0.3 is 0 Å². The van der Waals surface area contributed by atoms with Crippen LogP contribution in [0.15, 0.2) is 34.8 Å². The first-order valence-corrected chi connectivity index (χ1v) is 5.91. The molecule has 1 nitrogen and oxygen atoms in total. The highest BCUT2D eigenvalue weighted by atomic mass is 79.9. The summed E-state index contributed by atoms with van der Waals surface area (Å²) in [6.45, 7) is 8.12. The summed E-state index contributed by atoms with van der Waals surface area (Å²) in [7, 11) is 1.99. The van der Waals surface area contributed by atoms with Crippen LogP contribution in [0.2, 0.25) is 0 Å². The highest BCUT2D eigenvalue weighted by Crippen LogP contribution is 2.28. The van der Waals surface area contributed by atoms with Crippen LogP contribution in [0.4, 0.5) is 0 Å². The Balaban J connectivity index is 2.96. The quantitative estimate of drug-likeness (QED) is 0.814. The van der Waals surface area contributed by atoms with Gasteiger partial charge in [0.2, 0.25) is 0 Å². The van der Waals surface area contributed by atoms with E-state index in [1.54, 1.807) is 0 Å². The Morgan fingerprint density at radius 2 is 2.20 bits per heavy atom. The number of halogens is 1. The van der Waals surface area contributed by atoms with Crippen LogP contribution in [0.3, 0.4) is 0 Å². The van der Waals surface area contributed by atoms with Gasteiger partial charge in [0.05, 0.1) is 0 Å². The lowest BCUT2D eigenvalue weighted by Gasteiger charge is -2.18. The Labute approximate surface area is 101 Å². The second-order valence-electron chi connectivity index (χ2n) is 4.03. The molecule has 0 saturated carbocycles. The van der Waals surface area contributed by atoms with E-state index in [1.807, 2.05) is 7.05 Å². The molecule has 0 amide bonds. The Morgan fingerprint density at radius 3 is 2.67 bits per heavy atom. The maximum atomic E-state index is 3.96. The van der Waals surface area contributed by atoms with E-state index in [1.165, 1.54) is 21.2 Å². The number of benzene rings is 1. The summed E-state index contributed by atoms with van der Waals surface area (Å²) >= 11 is 3.61. The third kappa shape index (κ3) is 3.47. The van der Waals surface area contributed by atoms with E-state index >= 15 is 0 Å². The molecule has 0 aliphatic heterocycles. The number of rotatable bonds is 4. The Hall–Kier alpha value is -0.600. The van der Waals surface area contributed by atoms with Crippen LogP contribution in [-0.4, -0.2) is 7.05 Å². The summed E-state index contributed by atoms with van der Waals surface area (Å²) in [4.78, 5) is 0. The van der Waals surface area contributed by atoms with Crippen molar-refractivity contribution in [3.63, 3.8) is 0 Å². The van der Waals surface area contributed by atoms with E-state index in [9.17, 15) is 0 Å². The van der Waals surface area contributed by atoms with Crippen molar-refractivity contribution in [3.05, 3.63) is 46.0 Å². The molecule has 0 aromatic heterocycles. The molecule has 82 valence electrons. The van der Waals surface area contributed by atoms with Crippen molar-refractivity contribution in [2.75, 3.05) is 7.05 Å². The lowest BCUT2D eigenvalue weighted by molar-refractivity contribution is 0.587. The van der Waals surface area contributed by atoms with Gasteiger partial charge in [-0.1, -0.05) is 33.6 Å². The van der Waals surface area contributed by atoms with Gasteiger partial charge in [0, 0.05) is 10.5 Å². The van der Waals surface area contributed by atoms with Crippen molar-refractivity contribution in [3.8, 4) is 0 Å². The first-order chi connectivity index (χ1) is 7.04. The van der Waals surface area contributed by atoms with Crippen LogP contribution in [0.5, 0.6) is 0 Å². The molecular formula is C13H18BrN. The molecule has 1 aromatic carbocycles. The van der Waals surface area contributed by atoms with E-state index in [2.05, 4.69) is 59.9 Å². The van der Waals surface area contributed by atoms with E-state index < -0.39 is 0 Å². The van der Waals surface area contributed by atoms with Gasteiger partial charge < -0.3 is 5.32 Å². The summed E-state index contributed by atoms with van der Waals surface area (Å²) in [6, 6.07) is 6.81. The van der Waals surface area contributed by atoms with Crippen LogP contribution >= 0.6 is 15.9 Å². The molecule has 0 heterocycles. The van der Waals surface area contributed by atoms with Crippen molar-refractivity contribution in [2.45, 2.75) is 26.3 Å². The lowest BCUT2D eigenvalue weighted by atomic mass is 9.99. The summed E-state index contributed by atoms with van der Waals surface area (Å²) in [5.74, 6) is 0. The largest absolute Gasteiger partial charge is 0.313 e. The van der Waals surface area contributed by atoms with Crippen molar-refractivity contribution in [1.29, 1.82) is 0 Å². The predicted molar refractivity (Wildman–Crippen MR) is 70.1 cm³/mol. The molecule has 0 spiro atoms. The zero-order valence-corrected chi connectivity index (χ0v) is 11.2. The third-order valence-corrected chi connectivity index (χ3v) is 3.12. The van der Waals surface area contributed by atoms with E-state index in [0.717, 1.165) is 6.42 Å². The number of aryl methyl sites for hydroxylation is 1. The summed E-state index contributed by atoms with van der Waals surface area (Å²) in [5, 5.41) is 3.32. The molecule has 1 unspecified atom stereocenters. The molecule has 0 radical (unpaired) electrons. The van der Waals surface area contributed by atoms with Gasteiger partial charge in [-0.15, -0.1) is 6.58 Å². The third-order valence-electron chi connectivity index (χ3n) is 2.43. The molecule has 15 heavy (non-hydrogen) atoms. The fourth-order valence-electron chi connectivity index (χ4n) is 1.63. The highest BCUT2D eigenvalue weighted by Gasteiger charge is 2.12. The van der Waals surface area contributed by atoms with Gasteiger partial charge in [-0.2, -0.15) is 0 Å². The Kier molecular flexibility index (Phi) is 4.55. The standard InChI is InChI=1S/C13H18BrN/c1-9(2)7-13(15-4)11-6-5-10(3)8-12(11)14/h5-6,8,13,15H,1,7H2,2-4H3. The minimum Gasteiger partial charge on any atom is -0.313 e. The van der Waals surface area contributed by atoms with E-state index in [4.69, 9.17) is 0 Å². The second kappa shape index (κ2) is 5.47. The summed E-state index contributed by atoms with van der Waals surface area (Å²) < 4.78 is 1.17. The minimum absolute atomic E-state index is 0.345. The number of hydrogen-bond donors (Lipinski definition) is 1. The SMILES string of the molecule is C=C(C)CC(NC)c1ccc(C)cc1Br. The second-order valence-corrected chi connectivity index (χ2v) is 4.88. The molecule has 1 atom stereocenters. The van der Waals surface area contributed by atoms with Gasteiger partial charge in [-0.25, -0.2) is 0 Å². The van der Waals surface area contributed by atoms with Crippen LogP contribution in [0.1, 0.15) is 30.5 Å². The average Bonchev–Trinajstić information content (AvgIpc) is 2.14. The summed E-state index contributed by atoms with van der Waals surface area (Å²) in [6.07, 6.45) is 0.970. The van der Waals surface area contributed by atoms with Gasteiger partial charge in [0.15, 0.2) is 0 Å². The van der Waals surface area contributed by atoms with Crippen LogP contribution in [0, 0.1) is 6.92 Å². The molecule has 1 rings (SSSR count). The van der Waals surface area contributed by atoms with Crippen molar-refractivity contribution in [2.24, 2.45) is 0 Å². The molecule has 1 aromatic rings. The first kappa shape index (κ1) is 12.5. The lowest BCUT2D eigenvalue weighted by Crippen LogP contribution is -2.17. The zero-order chi connectivity index (χ0) is 11.4. The van der Waals surface area contributed by atoms with Crippen molar-refractivity contribution < 1.29 is 0 Å². The molecule has 0 fully saturated rings. The topological polar surface area (TPSA) is 12.0 Å². The van der Waals surface area contributed by atoms with Crippen molar-refractivity contribution >= 4 is 15.9 Å². The molecule has 0 aliphatic carbocycles. The predicted octanol–water partition coefficient (Wildman–Crippen LogP) is 3.98.